The number of benzene rings is 1. The van der Waals surface area contributed by atoms with Crippen molar-refractivity contribution in [2.45, 2.75) is 63.2 Å². The highest BCUT2D eigenvalue weighted by Crippen LogP contribution is 2.38. The van der Waals surface area contributed by atoms with Gasteiger partial charge in [0, 0.05) is 23.4 Å². The maximum atomic E-state index is 12.2. The Kier molecular flexibility index (Phi) is 4.76. The van der Waals surface area contributed by atoms with E-state index in [1.165, 1.54) is 19.3 Å². The Bertz CT molecular complexity index is 766. The molecule has 1 aromatic carbocycles. The molecule has 0 aliphatic carbocycles. The van der Waals surface area contributed by atoms with Crippen molar-refractivity contribution in [3.63, 3.8) is 0 Å². The lowest BCUT2D eigenvalue weighted by Crippen LogP contribution is -2.59. The van der Waals surface area contributed by atoms with Gasteiger partial charge in [-0.25, -0.2) is 4.98 Å². The molecule has 1 aromatic heterocycles. The Balaban J connectivity index is 1.71. The molecule has 1 saturated heterocycles. The quantitative estimate of drug-likeness (QED) is 0.671. The van der Waals surface area contributed by atoms with Gasteiger partial charge in [-0.3, -0.25) is 9.69 Å². The summed E-state index contributed by atoms with van der Waals surface area (Å²) in [6, 6.07) is 7.49. The van der Waals surface area contributed by atoms with Gasteiger partial charge in [-0.05, 0) is 59.1 Å². The predicted molar refractivity (Wildman–Crippen MR) is 102 cm³/mol. The smallest absolute Gasteiger partial charge is 0.259 e. The van der Waals surface area contributed by atoms with Crippen LogP contribution in [0.1, 0.15) is 47.0 Å². The van der Waals surface area contributed by atoms with E-state index in [-0.39, 0.29) is 16.6 Å². The highest BCUT2D eigenvalue weighted by Gasteiger charge is 2.40. The van der Waals surface area contributed by atoms with Crippen LogP contribution >= 0.6 is 11.8 Å². The number of nitrogens with one attached hydrogen (secondary N) is 1. The van der Waals surface area contributed by atoms with E-state index >= 15 is 0 Å². The minimum Gasteiger partial charge on any atom is -0.301 e. The lowest BCUT2D eigenvalue weighted by atomic mass is 9.80. The minimum absolute atomic E-state index is 0.0540. The summed E-state index contributed by atoms with van der Waals surface area (Å²) in [4.78, 5) is 22.3. The number of aromatic nitrogens is 2. The van der Waals surface area contributed by atoms with Crippen LogP contribution in [0.25, 0.3) is 10.9 Å². The number of nitrogens with zero attached hydrogens (tertiary/aromatic N) is 2. The first-order valence-corrected chi connectivity index (χ1v) is 9.68. The number of piperidine rings is 1. The summed E-state index contributed by atoms with van der Waals surface area (Å²) in [5, 5.41) is 1.37. The van der Waals surface area contributed by atoms with Crippen molar-refractivity contribution in [3.8, 4) is 0 Å². The Labute approximate surface area is 148 Å². The summed E-state index contributed by atoms with van der Waals surface area (Å²) in [6.45, 7) is 10.4. The van der Waals surface area contributed by atoms with Crippen molar-refractivity contribution in [2.24, 2.45) is 0 Å². The van der Waals surface area contributed by atoms with Crippen molar-refractivity contribution < 1.29 is 0 Å². The third kappa shape index (κ3) is 3.52. The molecule has 2 heterocycles. The topological polar surface area (TPSA) is 49.0 Å². The number of fused-ring (bicyclic) bond motifs is 1. The first kappa shape index (κ1) is 17.5. The monoisotopic (exact) mass is 345 g/mol. The van der Waals surface area contributed by atoms with E-state index < -0.39 is 0 Å². The fraction of sp³-hybridized carbons (Fsp3) is 0.579. The van der Waals surface area contributed by atoms with Gasteiger partial charge in [0.25, 0.3) is 5.56 Å². The number of H-pyrrole nitrogens is 1. The number of thioether (sulfide) groups is 1. The predicted octanol–water partition coefficient (Wildman–Crippen LogP) is 4.06. The van der Waals surface area contributed by atoms with Crippen molar-refractivity contribution >= 4 is 22.7 Å². The molecule has 130 valence electrons. The molecule has 1 aliphatic rings. The summed E-state index contributed by atoms with van der Waals surface area (Å²) in [6.07, 6.45) is 3.78. The van der Waals surface area contributed by atoms with Crippen LogP contribution in [-0.4, -0.2) is 38.2 Å². The molecule has 24 heavy (non-hydrogen) atoms. The summed E-state index contributed by atoms with van der Waals surface area (Å²) in [5.41, 5.74) is 1.17. The Hall–Kier alpha value is -1.33. The normalized spacial score (nSPS) is 20.3. The van der Waals surface area contributed by atoms with Crippen LogP contribution in [0.5, 0.6) is 0 Å². The van der Waals surface area contributed by atoms with Gasteiger partial charge in [0.05, 0.1) is 10.9 Å². The molecule has 5 heteroatoms. The molecule has 1 aliphatic heterocycles. The standard InChI is InChI=1S/C19H27N3OS/c1-18(2)10-7-11-19(3,4)22(18)12-13-24-17-20-15-9-6-5-8-14(15)16(23)21-17/h5-6,8-9H,7,10-13H2,1-4H3,(H,20,21,23). The number of hydrogen-bond donors (Lipinski definition) is 1. The average molecular weight is 346 g/mol. The zero-order valence-electron chi connectivity index (χ0n) is 15.1. The molecule has 0 unspecified atom stereocenters. The first-order chi connectivity index (χ1) is 11.3. The van der Waals surface area contributed by atoms with Gasteiger partial charge in [-0.1, -0.05) is 23.9 Å². The second-order valence-corrected chi connectivity index (χ2v) is 8.95. The van der Waals surface area contributed by atoms with Crippen LogP contribution in [0.3, 0.4) is 0 Å². The highest BCUT2D eigenvalue weighted by molar-refractivity contribution is 7.99. The summed E-state index contributed by atoms with van der Waals surface area (Å²) in [7, 11) is 0. The maximum absolute atomic E-state index is 12.2. The van der Waals surface area contributed by atoms with E-state index in [4.69, 9.17) is 0 Å². The van der Waals surface area contributed by atoms with E-state index in [1.807, 2.05) is 24.3 Å². The van der Waals surface area contributed by atoms with Crippen molar-refractivity contribution in [3.05, 3.63) is 34.6 Å². The minimum atomic E-state index is -0.0540. The van der Waals surface area contributed by atoms with Gasteiger partial charge < -0.3 is 4.98 Å². The third-order valence-electron chi connectivity index (χ3n) is 5.18. The van der Waals surface area contributed by atoms with Gasteiger partial charge in [-0.2, -0.15) is 0 Å². The first-order valence-electron chi connectivity index (χ1n) is 8.69. The molecule has 2 aromatic rings. The number of hydrogen-bond acceptors (Lipinski definition) is 4. The molecule has 3 rings (SSSR count). The lowest BCUT2D eigenvalue weighted by Gasteiger charge is -2.53. The zero-order chi connectivity index (χ0) is 17.4. The average Bonchev–Trinajstić information content (AvgIpc) is 2.49. The van der Waals surface area contributed by atoms with Crippen molar-refractivity contribution in [2.75, 3.05) is 12.3 Å². The second kappa shape index (κ2) is 6.52. The van der Waals surface area contributed by atoms with E-state index in [9.17, 15) is 4.79 Å². The van der Waals surface area contributed by atoms with Crippen LogP contribution in [0.2, 0.25) is 0 Å². The molecular weight excluding hydrogens is 318 g/mol. The molecule has 0 bridgehead atoms. The number of para-hydroxylation sites is 1. The van der Waals surface area contributed by atoms with E-state index in [0.29, 0.717) is 10.5 Å². The molecule has 4 nitrogen and oxygen atoms in total. The SMILES string of the molecule is CC1(C)CCCC(C)(C)N1CCSc1nc2ccccc2c(=O)[nH]1. The van der Waals surface area contributed by atoms with Gasteiger partial charge in [0.1, 0.15) is 0 Å². The number of rotatable bonds is 4. The van der Waals surface area contributed by atoms with Crippen LogP contribution in [0, 0.1) is 0 Å². The van der Waals surface area contributed by atoms with Crippen molar-refractivity contribution in [1.29, 1.82) is 0 Å². The van der Waals surface area contributed by atoms with E-state index in [0.717, 1.165) is 17.8 Å². The molecule has 0 spiro atoms. The zero-order valence-corrected chi connectivity index (χ0v) is 15.9. The van der Waals surface area contributed by atoms with Gasteiger partial charge in [0.15, 0.2) is 5.16 Å². The molecular formula is C19H27N3OS. The Morgan fingerprint density at radius 1 is 1.17 bits per heavy atom. The Morgan fingerprint density at radius 2 is 1.83 bits per heavy atom. The summed E-state index contributed by atoms with van der Waals surface area (Å²) < 4.78 is 0. The molecule has 0 amide bonds. The van der Waals surface area contributed by atoms with Gasteiger partial charge in [0.2, 0.25) is 0 Å². The van der Waals surface area contributed by atoms with E-state index in [1.54, 1.807) is 11.8 Å². The number of likely N-dealkylation sites (tertiary alicyclic amines) is 1. The maximum Gasteiger partial charge on any atom is 0.259 e. The lowest BCUT2D eigenvalue weighted by molar-refractivity contribution is -0.0209. The van der Waals surface area contributed by atoms with E-state index in [2.05, 4.69) is 42.6 Å². The fourth-order valence-electron chi connectivity index (χ4n) is 4.02. The molecule has 1 N–H and O–H groups in total. The molecule has 1 fully saturated rings. The molecule has 0 radical (unpaired) electrons. The second-order valence-electron chi connectivity index (χ2n) is 7.87. The third-order valence-corrected chi connectivity index (χ3v) is 6.04. The fourth-order valence-corrected chi connectivity index (χ4v) is 4.81. The van der Waals surface area contributed by atoms with Crippen LogP contribution in [0.15, 0.2) is 34.2 Å². The highest BCUT2D eigenvalue weighted by atomic mass is 32.2. The Morgan fingerprint density at radius 3 is 2.54 bits per heavy atom. The molecule has 0 atom stereocenters. The van der Waals surface area contributed by atoms with Crippen LogP contribution < -0.4 is 5.56 Å². The largest absolute Gasteiger partial charge is 0.301 e. The van der Waals surface area contributed by atoms with Crippen LogP contribution in [-0.2, 0) is 0 Å². The summed E-state index contributed by atoms with van der Waals surface area (Å²) in [5.74, 6) is 0.925. The van der Waals surface area contributed by atoms with Crippen LogP contribution in [0.4, 0.5) is 0 Å². The van der Waals surface area contributed by atoms with Gasteiger partial charge >= 0.3 is 0 Å². The molecule has 0 saturated carbocycles. The number of aromatic amines is 1. The van der Waals surface area contributed by atoms with Crippen molar-refractivity contribution in [1.82, 2.24) is 14.9 Å². The van der Waals surface area contributed by atoms with Gasteiger partial charge in [-0.15, -0.1) is 0 Å². The summed E-state index contributed by atoms with van der Waals surface area (Å²) >= 11 is 1.64.